The summed E-state index contributed by atoms with van der Waals surface area (Å²) in [5.74, 6) is -0.264. The fourth-order valence-electron chi connectivity index (χ4n) is 1.57. The van der Waals surface area contributed by atoms with Crippen molar-refractivity contribution in [2.45, 2.75) is 6.54 Å². The van der Waals surface area contributed by atoms with Crippen LogP contribution >= 0.6 is 47.8 Å². The molecule has 7 heteroatoms. The van der Waals surface area contributed by atoms with Crippen LogP contribution in [0.5, 0.6) is 0 Å². The van der Waals surface area contributed by atoms with E-state index in [1.165, 1.54) is 4.57 Å². The normalized spacial score (nSPS) is 10.3. The minimum absolute atomic E-state index is 0.0487. The first-order valence-corrected chi connectivity index (χ1v) is 7.94. The molecule has 0 aliphatic heterocycles. The first-order valence-electron chi connectivity index (χ1n) is 5.56. The number of pyridine rings is 1. The van der Waals surface area contributed by atoms with E-state index in [0.29, 0.717) is 10.2 Å². The van der Waals surface area contributed by atoms with E-state index in [2.05, 4.69) is 53.1 Å². The molecule has 0 aliphatic carbocycles. The van der Waals surface area contributed by atoms with Gasteiger partial charge in [-0.25, -0.2) is 0 Å². The predicted molar refractivity (Wildman–Crippen MR) is 88.9 cm³/mol. The molecule has 1 aromatic carbocycles. The molecule has 4 nitrogen and oxygen atoms in total. The minimum Gasteiger partial charge on any atom is -0.325 e. The molecule has 0 radical (unpaired) electrons. The van der Waals surface area contributed by atoms with Gasteiger partial charge in [-0.1, -0.05) is 15.9 Å². The number of hydrogen-bond acceptors (Lipinski definition) is 2. The molecule has 1 aromatic heterocycles. The van der Waals surface area contributed by atoms with Gasteiger partial charge in [0, 0.05) is 20.8 Å². The Morgan fingerprint density at radius 1 is 1.10 bits per heavy atom. The van der Waals surface area contributed by atoms with Gasteiger partial charge in [-0.05, 0) is 62.2 Å². The molecule has 0 saturated heterocycles. The molecule has 0 aliphatic rings. The molecule has 1 N–H and O–H groups in total. The SMILES string of the molecule is O=C(Cn1cc(Br)cc(Br)c1=O)Nc1ccc(Br)cc1. The number of amides is 1. The van der Waals surface area contributed by atoms with E-state index in [4.69, 9.17) is 0 Å². The predicted octanol–water partition coefficient (Wildman–Crippen LogP) is 3.77. The third-order valence-electron chi connectivity index (χ3n) is 2.45. The second-order valence-electron chi connectivity index (χ2n) is 3.99. The lowest BCUT2D eigenvalue weighted by atomic mass is 10.3. The maximum absolute atomic E-state index is 11.9. The number of aromatic nitrogens is 1. The fraction of sp³-hybridized carbons (Fsp3) is 0.0769. The molecule has 104 valence electrons. The summed E-state index contributed by atoms with van der Waals surface area (Å²) >= 11 is 9.77. The molecule has 0 bridgehead atoms. The van der Waals surface area contributed by atoms with Gasteiger partial charge in [0.2, 0.25) is 5.91 Å². The van der Waals surface area contributed by atoms with Gasteiger partial charge < -0.3 is 9.88 Å². The maximum Gasteiger partial charge on any atom is 0.265 e. The summed E-state index contributed by atoms with van der Waals surface area (Å²) in [4.78, 5) is 23.8. The summed E-state index contributed by atoms with van der Waals surface area (Å²) in [5, 5.41) is 2.73. The number of benzene rings is 1. The summed E-state index contributed by atoms with van der Waals surface area (Å²) in [6.07, 6.45) is 1.58. The Morgan fingerprint density at radius 2 is 1.75 bits per heavy atom. The smallest absolute Gasteiger partial charge is 0.265 e. The van der Waals surface area contributed by atoms with Crippen LogP contribution < -0.4 is 10.9 Å². The van der Waals surface area contributed by atoms with Crippen molar-refractivity contribution in [2.75, 3.05) is 5.32 Å². The Kier molecular flexibility index (Phi) is 5.17. The van der Waals surface area contributed by atoms with Gasteiger partial charge in [0.05, 0.1) is 4.47 Å². The Labute approximate surface area is 140 Å². The van der Waals surface area contributed by atoms with Gasteiger partial charge in [0.15, 0.2) is 0 Å². The summed E-state index contributed by atoms with van der Waals surface area (Å²) in [6, 6.07) is 8.86. The minimum atomic E-state index is -0.264. The third kappa shape index (κ3) is 4.04. The largest absolute Gasteiger partial charge is 0.325 e. The number of carbonyl (C=O) groups is 1. The van der Waals surface area contributed by atoms with Crippen molar-refractivity contribution in [1.29, 1.82) is 0 Å². The van der Waals surface area contributed by atoms with Crippen LogP contribution in [0.25, 0.3) is 0 Å². The van der Waals surface area contributed by atoms with Crippen molar-refractivity contribution in [2.24, 2.45) is 0 Å². The van der Waals surface area contributed by atoms with Crippen LogP contribution in [0.15, 0.2) is 54.7 Å². The number of anilines is 1. The first-order chi connectivity index (χ1) is 9.45. The highest BCUT2D eigenvalue weighted by Crippen LogP contribution is 2.15. The van der Waals surface area contributed by atoms with Gasteiger partial charge in [0.25, 0.3) is 5.56 Å². The van der Waals surface area contributed by atoms with Gasteiger partial charge in [0.1, 0.15) is 6.54 Å². The average Bonchev–Trinajstić information content (AvgIpc) is 2.38. The average molecular weight is 465 g/mol. The molecule has 1 heterocycles. The monoisotopic (exact) mass is 462 g/mol. The Hall–Kier alpha value is -0.920. The summed E-state index contributed by atoms with van der Waals surface area (Å²) < 4.78 is 3.40. The van der Waals surface area contributed by atoms with Crippen LogP contribution in [0.3, 0.4) is 0 Å². The van der Waals surface area contributed by atoms with Crippen LogP contribution in [-0.2, 0) is 11.3 Å². The van der Waals surface area contributed by atoms with Crippen LogP contribution in [0.4, 0.5) is 5.69 Å². The maximum atomic E-state index is 11.9. The second-order valence-corrected chi connectivity index (χ2v) is 6.68. The topological polar surface area (TPSA) is 51.1 Å². The lowest BCUT2D eigenvalue weighted by Gasteiger charge is -2.08. The number of nitrogens with one attached hydrogen (secondary N) is 1. The van der Waals surface area contributed by atoms with Crippen LogP contribution in [0.2, 0.25) is 0 Å². The van der Waals surface area contributed by atoms with Crippen molar-refractivity contribution >= 4 is 59.4 Å². The van der Waals surface area contributed by atoms with Crippen LogP contribution in [0.1, 0.15) is 0 Å². The molecule has 0 unspecified atom stereocenters. The Balaban J connectivity index is 2.12. The standard InChI is InChI=1S/C13H9Br3N2O2/c14-8-1-3-10(4-2-8)17-12(19)7-18-6-9(15)5-11(16)13(18)20/h1-6H,7H2,(H,17,19). The Bertz CT molecular complexity index is 696. The van der Waals surface area contributed by atoms with E-state index in [1.807, 2.05) is 12.1 Å². The fourth-order valence-corrected chi connectivity index (χ4v) is 3.09. The molecule has 0 fully saturated rings. The highest BCUT2D eigenvalue weighted by atomic mass is 79.9. The molecule has 2 aromatic rings. The van der Waals surface area contributed by atoms with Crippen molar-refractivity contribution < 1.29 is 4.79 Å². The van der Waals surface area contributed by atoms with E-state index >= 15 is 0 Å². The van der Waals surface area contributed by atoms with E-state index in [-0.39, 0.29) is 18.0 Å². The highest BCUT2D eigenvalue weighted by Gasteiger charge is 2.08. The zero-order valence-electron chi connectivity index (χ0n) is 10.1. The molecular formula is C13H9Br3N2O2. The summed E-state index contributed by atoms with van der Waals surface area (Å²) in [6.45, 7) is -0.0487. The zero-order chi connectivity index (χ0) is 14.7. The third-order valence-corrected chi connectivity index (χ3v) is 3.98. The van der Waals surface area contributed by atoms with Crippen molar-refractivity contribution in [3.63, 3.8) is 0 Å². The van der Waals surface area contributed by atoms with E-state index in [0.717, 1.165) is 8.95 Å². The van der Waals surface area contributed by atoms with E-state index in [1.54, 1.807) is 24.4 Å². The lowest BCUT2D eigenvalue weighted by Crippen LogP contribution is -2.27. The number of hydrogen-bond donors (Lipinski definition) is 1. The summed E-state index contributed by atoms with van der Waals surface area (Å²) in [5.41, 5.74) is 0.430. The number of carbonyl (C=O) groups excluding carboxylic acids is 1. The van der Waals surface area contributed by atoms with Gasteiger partial charge >= 0.3 is 0 Å². The molecule has 2 rings (SSSR count). The lowest BCUT2D eigenvalue weighted by molar-refractivity contribution is -0.116. The molecule has 20 heavy (non-hydrogen) atoms. The van der Waals surface area contributed by atoms with Crippen molar-refractivity contribution in [1.82, 2.24) is 4.57 Å². The zero-order valence-corrected chi connectivity index (χ0v) is 14.8. The van der Waals surface area contributed by atoms with Crippen molar-refractivity contribution in [3.8, 4) is 0 Å². The first kappa shape index (κ1) is 15.5. The quantitative estimate of drug-likeness (QED) is 0.751. The number of nitrogens with zero attached hydrogens (tertiary/aromatic N) is 1. The number of rotatable bonds is 3. The van der Waals surface area contributed by atoms with Gasteiger partial charge in [-0.15, -0.1) is 0 Å². The highest BCUT2D eigenvalue weighted by molar-refractivity contribution is 9.11. The van der Waals surface area contributed by atoms with Crippen LogP contribution in [-0.4, -0.2) is 10.5 Å². The number of halogens is 3. The molecular weight excluding hydrogens is 456 g/mol. The van der Waals surface area contributed by atoms with Gasteiger partial charge in [-0.3, -0.25) is 9.59 Å². The molecule has 0 atom stereocenters. The van der Waals surface area contributed by atoms with Gasteiger partial charge in [-0.2, -0.15) is 0 Å². The van der Waals surface area contributed by atoms with Crippen molar-refractivity contribution in [3.05, 3.63) is 60.3 Å². The molecule has 1 amide bonds. The summed E-state index contributed by atoms with van der Waals surface area (Å²) in [7, 11) is 0. The molecule has 0 spiro atoms. The van der Waals surface area contributed by atoms with Crippen LogP contribution in [0, 0.1) is 0 Å². The van der Waals surface area contributed by atoms with E-state index < -0.39 is 0 Å². The Morgan fingerprint density at radius 3 is 2.40 bits per heavy atom. The van der Waals surface area contributed by atoms with E-state index in [9.17, 15) is 9.59 Å². The molecule has 0 saturated carbocycles. The second kappa shape index (κ2) is 6.69.